The quantitative estimate of drug-likeness (QED) is 0.219. The van der Waals surface area contributed by atoms with Gasteiger partial charge in [0.05, 0.1) is 27.8 Å². The first-order chi connectivity index (χ1) is 21.0. The molecular weight excluding hydrogens is 544 g/mol. The zero-order valence-corrected chi connectivity index (χ0v) is 25.9. The van der Waals surface area contributed by atoms with Crippen molar-refractivity contribution < 1.29 is 4.79 Å². The third kappa shape index (κ3) is 4.59. The topological polar surface area (TPSA) is 89.1 Å². The highest BCUT2D eigenvalue weighted by Gasteiger charge is 2.43. The lowest BCUT2D eigenvalue weighted by molar-refractivity contribution is -0.00767. The zero-order chi connectivity index (χ0) is 30.8. The van der Waals surface area contributed by atoms with Crippen molar-refractivity contribution >= 4 is 44.3 Å². The third-order valence-electron chi connectivity index (χ3n) is 9.65. The van der Waals surface area contributed by atoms with Crippen molar-refractivity contribution in [2.75, 3.05) is 12.4 Å². The van der Waals surface area contributed by atoms with Gasteiger partial charge in [-0.3, -0.25) is 19.2 Å². The number of anilines is 1. The lowest BCUT2D eigenvalue weighted by Gasteiger charge is -2.54. The van der Waals surface area contributed by atoms with Crippen LogP contribution in [0.2, 0.25) is 0 Å². The summed E-state index contributed by atoms with van der Waals surface area (Å²) in [5.74, 6) is 0.232. The summed E-state index contributed by atoms with van der Waals surface area (Å²) in [6, 6.07) is 27.3. The van der Waals surface area contributed by atoms with Crippen LogP contribution in [-0.4, -0.2) is 49.5 Å². The maximum atomic E-state index is 12.6. The van der Waals surface area contributed by atoms with Gasteiger partial charge in [-0.25, -0.2) is 4.98 Å². The van der Waals surface area contributed by atoms with Crippen molar-refractivity contribution in [1.82, 2.24) is 19.4 Å². The van der Waals surface area contributed by atoms with E-state index in [0.29, 0.717) is 11.3 Å². The van der Waals surface area contributed by atoms with Crippen LogP contribution in [0.1, 0.15) is 50.9 Å². The maximum Gasteiger partial charge on any atom is 0.252 e. The first-order valence-corrected chi connectivity index (χ1v) is 15.2. The average molecular weight is 583 g/mol. The second-order valence-electron chi connectivity index (χ2n) is 13.4. The average Bonchev–Trinajstić information content (AvgIpc) is 3.34. The molecule has 0 spiro atoms. The van der Waals surface area contributed by atoms with Crippen LogP contribution in [-0.2, 0) is 0 Å². The summed E-state index contributed by atoms with van der Waals surface area (Å²) in [4.78, 5) is 24.6. The number of rotatable bonds is 5. The lowest BCUT2D eigenvalue weighted by Crippen LogP contribution is -2.61. The Kier molecular flexibility index (Phi) is 6.48. The van der Waals surface area contributed by atoms with Gasteiger partial charge in [0.25, 0.3) is 5.91 Å². The largest absolute Gasteiger partial charge is 0.381 e. The fraction of sp³-hybridized carbons (Fsp3) is 0.270. The van der Waals surface area contributed by atoms with Gasteiger partial charge >= 0.3 is 0 Å². The fourth-order valence-electron chi connectivity index (χ4n) is 7.30. The molecule has 222 valence electrons. The summed E-state index contributed by atoms with van der Waals surface area (Å²) < 4.78 is 2.18. The van der Waals surface area contributed by atoms with Crippen molar-refractivity contribution in [1.29, 1.82) is 0 Å². The van der Waals surface area contributed by atoms with Gasteiger partial charge in [-0.15, -0.1) is 0 Å². The van der Waals surface area contributed by atoms with Crippen molar-refractivity contribution in [2.45, 2.75) is 57.7 Å². The summed E-state index contributed by atoms with van der Waals surface area (Å²) in [7, 11) is 2.19. The van der Waals surface area contributed by atoms with Gasteiger partial charge in [0.15, 0.2) is 0 Å². The van der Waals surface area contributed by atoms with Crippen molar-refractivity contribution in [2.24, 2.45) is 5.73 Å². The monoisotopic (exact) mass is 582 g/mol. The predicted octanol–water partition coefficient (Wildman–Crippen LogP) is 7.56. The Balaban J connectivity index is 1.39. The van der Waals surface area contributed by atoms with Crippen LogP contribution in [0.3, 0.4) is 0 Å². The van der Waals surface area contributed by atoms with Crippen LogP contribution >= 0.6 is 0 Å². The molecule has 7 nitrogen and oxygen atoms in total. The first-order valence-electron chi connectivity index (χ1n) is 15.2. The van der Waals surface area contributed by atoms with Crippen LogP contribution in [0, 0.1) is 0 Å². The van der Waals surface area contributed by atoms with Crippen LogP contribution in [0.4, 0.5) is 5.69 Å². The predicted molar refractivity (Wildman–Crippen MR) is 180 cm³/mol. The van der Waals surface area contributed by atoms with Crippen molar-refractivity contribution in [3.63, 3.8) is 0 Å². The number of fused-ring (bicyclic) bond motifs is 4. The number of pyridine rings is 2. The Labute approximate surface area is 257 Å². The smallest absolute Gasteiger partial charge is 0.252 e. The molecule has 0 saturated carbocycles. The molecule has 1 aliphatic rings. The zero-order valence-electron chi connectivity index (χ0n) is 25.9. The Bertz CT molecular complexity index is 2060. The molecule has 6 aromatic rings. The second kappa shape index (κ2) is 10.2. The number of nitrogens with two attached hydrogens (primary N) is 1. The standard InChI is InChI=1S/C37H38N6O/c1-36(2)19-25(20-37(3,4)42(36)5)41-30-18-33(40-22-28(30)35(38)44)43-31-15-9-7-12-27(31)34-26(13-10-16-32(34)43)24-17-23-11-6-8-14-29(23)39-21-24/h6-18,21-22,25H,19-20H2,1-5H3,(H2,38,44)(H,40,41). The molecule has 44 heavy (non-hydrogen) atoms. The lowest BCUT2D eigenvalue weighted by atomic mass is 9.77. The number of hydrogen-bond acceptors (Lipinski definition) is 5. The normalized spacial score (nSPS) is 16.9. The summed E-state index contributed by atoms with van der Waals surface area (Å²) in [6.07, 6.45) is 5.43. The minimum absolute atomic E-state index is 0.0109. The number of nitrogens with zero attached hydrogens (tertiary/aromatic N) is 4. The van der Waals surface area contributed by atoms with Gasteiger partial charge in [-0.2, -0.15) is 0 Å². The fourth-order valence-corrected chi connectivity index (χ4v) is 7.30. The van der Waals surface area contributed by atoms with E-state index in [1.165, 1.54) is 0 Å². The Hall–Kier alpha value is -4.75. The molecule has 0 bridgehead atoms. The van der Waals surface area contributed by atoms with E-state index in [2.05, 4.69) is 104 Å². The van der Waals surface area contributed by atoms with Gasteiger partial charge in [0.2, 0.25) is 0 Å². The van der Waals surface area contributed by atoms with E-state index in [4.69, 9.17) is 15.7 Å². The van der Waals surface area contributed by atoms with E-state index in [9.17, 15) is 4.79 Å². The molecule has 0 aliphatic carbocycles. The van der Waals surface area contributed by atoms with Gasteiger partial charge in [-0.05, 0) is 77.4 Å². The van der Waals surface area contributed by atoms with Gasteiger partial charge in [0, 0.05) is 57.3 Å². The third-order valence-corrected chi connectivity index (χ3v) is 9.65. The maximum absolute atomic E-state index is 12.6. The Morgan fingerprint density at radius 1 is 0.864 bits per heavy atom. The molecule has 1 amide bonds. The highest BCUT2D eigenvalue weighted by molar-refractivity contribution is 6.16. The molecule has 7 rings (SSSR count). The number of aromatic nitrogens is 3. The molecule has 0 atom stereocenters. The molecule has 1 fully saturated rings. The summed E-state index contributed by atoms with van der Waals surface area (Å²) in [5, 5.41) is 7.09. The first kappa shape index (κ1) is 28.0. The number of para-hydroxylation sites is 2. The van der Waals surface area contributed by atoms with E-state index >= 15 is 0 Å². The van der Waals surface area contributed by atoms with Crippen LogP contribution in [0.5, 0.6) is 0 Å². The number of nitrogens with one attached hydrogen (secondary N) is 1. The number of amides is 1. The number of carbonyl (C=O) groups is 1. The minimum Gasteiger partial charge on any atom is -0.381 e. The number of hydrogen-bond donors (Lipinski definition) is 2. The van der Waals surface area contributed by atoms with Gasteiger partial charge < -0.3 is 11.1 Å². The molecule has 7 heteroatoms. The number of likely N-dealkylation sites (tertiary alicyclic amines) is 1. The van der Waals surface area contributed by atoms with Crippen molar-refractivity contribution in [3.05, 3.63) is 96.8 Å². The highest BCUT2D eigenvalue weighted by Crippen LogP contribution is 2.41. The summed E-state index contributed by atoms with van der Waals surface area (Å²) in [5.41, 5.74) is 12.2. The molecule has 1 aliphatic heterocycles. The number of carbonyl (C=O) groups excluding carboxylic acids is 1. The number of piperidine rings is 1. The van der Waals surface area contributed by atoms with Crippen LogP contribution in [0.25, 0.3) is 49.7 Å². The van der Waals surface area contributed by atoms with E-state index in [1.54, 1.807) is 6.20 Å². The molecule has 0 unspecified atom stereocenters. The highest BCUT2D eigenvalue weighted by atomic mass is 16.1. The van der Waals surface area contributed by atoms with Gasteiger partial charge in [0.1, 0.15) is 5.82 Å². The summed E-state index contributed by atoms with van der Waals surface area (Å²) >= 11 is 0. The number of primary amides is 1. The van der Waals surface area contributed by atoms with E-state index in [0.717, 1.165) is 62.5 Å². The molecule has 3 aromatic carbocycles. The van der Waals surface area contributed by atoms with Gasteiger partial charge in [-0.1, -0.05) is 48.5 Å². The van der Waals surface area contributed by atoms with Crippen molar-refractivity contribution in [3.8, 4) is 16.9 Å². The number of benzene rings is 3. The molecule has 0 radical (unpaired) electrons. The molecule has 3 N–H and O–H groups in total. The molecule has 4 heterocycles. The van der Waals surface area contributed by atoms with E-state index < -0.39 is 5.91 Å². The van der Waals surface area contributed by atoms with Crippen LogP contribution < -0.4 is 11.1 Å². The second-order valence-corrected chi connectivity index (χ2v) is 13.4. The Morgan fingerprint density at radius 2 is 1.57 bits per heavy atom. The molecule has 3 aromatic heterocycles. The summed E-state index contributed by atoms with van der Waals surface area (Å²) in [6.45, 7) is 9.10. The minimum atomic E-state index is -0.494. The van der Waals surface area contributed by atoms with E-state index in [-0.39, 0.29) is 17.1 Å². The van der Waals surface area contributed by atoms with E-state index in [1.807, 2.05) is 30.5 Å². The Morgan fingerprint density at radius 3 is 2.34 bits per heavy atom. The SMILES string of the molecule is CN1C(C)(C)CC(Nc2cc(-n3c4ccccc4c4c(-c5cnc6ccccc6c5)cccc43)ncc2C(N)=O)CC1(C)C. The van der Waals surface area contributed by atoms with Crippen LogP contribution in [0.15, 0.2) is 91.3 Å². The molecular formula is C37H38N6O. The molecule has 1 saturated heterocycles.